The standard InChI is InChI=1S/C68H42N2/c1-2-19-43(20-3-1)44-37-39-45(40-38-44)69(64-36-18-33-60-65(64)52-26-8-14-31-58(52)67(60)54-27-10-4-21-47(54)48-22-5-11-28-55(48)67)46-41-53-51-25-9-16-34-62(51)70-63-35-17-15-32-59(63)68(61(42-46)66(53)70)56-29-12-6-23-49(56)50-24-7-13-30-57(50)68/h1-42H. The number of rotatable bonds is 4. The summed E-state index contributed by atoms with van der Waals surface area (Å²) in [4.78, 5) is 2.58. The first kappa shape index (κ1) is 38.0. The molecule has 12 aromatic rings. The van der Waals surface area contributed by atoms with E-state index in [9.17, 15) is 0 Å². The van der Waals surface area contributed by atoms with Gasteiger partial charge in [-0.05, 0) is 126 Å². The highest BCUT2D eigenvalue weighted by Crippen LogP contribution is 2.66. The maximum Gasteiger partial charge on any atom is 0.0755 e. The van der Waals surface area contributed by atoms with Crippen molar-refractivity contribution in [3.05, 3.63) is 299 Å². The normalized spacial score (nSPS) is 14.2. The van der Waals surface area contributed by atoms with Crippen LogP contribution in [-0.2, 0) is 10.8 Å². The van der Waals surface area contributed by atoms with E-state index in [1.807, 2.05) is 0 Å². The van der Waals surface area contributed by atoms with Crippen LogP contribution in [0.2, 0.25) is 0 Å². The molecular weight excluding hydrogens is 845 g/mol. The number of nitrogens with zero attached hydrogens (tertiary/aromatic N) is 2. The molecule has 3 aliphatic carbocycles. The molecule has 1 aliphatic heterocycles. The van der Waals surface area contributed by atoms with E-state index >= 15 is 0 Å². The van der Waals surface area contributed by atoms with Gasteiger partial charge in [-0.1, -0.05) is 212 Å². The van der Waals surface area contributed by atoms with Crippen molar-refractivity contribution in [3.8, 4) is 50.2 Å². The van der Waals surface area contributed by atoms with Gasteiger partial charge in [-0.15, -0.1) is 0 Å². The van der Waals surface area contributed by atoms with E-state index in [1.165, 1.54) is 117 Å². The monoisotopic (exact) mass is 886 g/mol. The van der Waals surface area contributed by atoms with Crippen LogP contribution in [0, 0.1) is 0 Å². The Morgan fingerprint density at radius 2 is 0.771 bits per heavy atom. The molecule has 0 bridgehead atoms. The number of para-hydroxylation sites is 2. The molecule has 0 atom stereocenters. The Bertz CT molecular complexity index is 4100. The van der Waals surface area contributed by atoms with Crippen LogP contribution in [-0.4, -0.2) is 4.57 Å². The minimum absolute atomic E-state index is 0.480. The van der Waals surface area contributed by atoms with Gasteiger partial charge in [0.2, 0.25) is 0 Å². The van der Waals surface area contributed by atoms with Crippen molar-refractivity contribution >= 4 is 38.9 Å². The number of fused-ring (bicyclic) bond motifs is 22. The molecule has 0 saturated carbocycles. The van der Waals surface area contributed by atoms with Gasteiger partial charge < -0.3 is 9.47 Å². The fraction of sp³-hybridized carbons (Fsp3) is 0.0294. The van der Waals surface area contributed by atoms with Gasteiger partial charge >= 0.3 is 0 Å². The van der Waals surface area contributed by atoms with E-state index in [2.05, 4.69) is 264 Å². The minimum Gasteiger partial charge on any atom is -0.310 e. The van der Waals surface area contributed by atoms with E-state index in [0.29, 0.717) is 0 Å². The molecule has 324 valence electrons. The third-order valence-corrected chi connectivity index (χ3v) is 16.4. The summed E-state index contributed by atoms with van der Waals surface area (Å²) in [6.45, 7) is 0. The van der Waals surface area contributed by atoms with Crippen LogP contribution in [0.3, 0.4) is 0 Å². The zero-order valence-electron chi connectivity index (χ0n) is 38.1. The van der Waals surface area contributed by atoms with Gasteiger partial charge in [0.25, 0.3) is 0 Å². The van der Waals surface area contributed by atoms with Crippen LogP contribution in [0.1, 0.15) is 44.5 Å². The van der Waals surface area contributed by atoms with Crippen molar-refractivity contribution in [2.75, 3.05) is 4.90 Å². The van der Waals surface area contributed by atoms with Gasteiger partial charge in [0.05, 0.1) is 33.2 Å². The van der Waals surface area contributed by atoms with Crippen LogP contribution < -0.4 is 4.90 Å². The highest BCUT2D eigenvalue weighted by molar-refractivity contribution is 6.15. The fourth-order valence-corrected chi connectivity index (χ4v) is 13.9. The third kappa shape index (κ3) is 4.59. The highest BCUT2D eigenvalue weighted by atomic mass is 15.1. The Hall–Kier alpha value is -8.98. The number of anilines is 3. The van der Waals surface area contributed by atoms with Gasteiger partial charge in [-0.2, -0.15) is 0 Å². The Balaban J connectivity index is 1.05. The van der Waals surface area contributed by atoms with Crippen molar-refractivity contribution in [2.45, 2.75) is 10.8 Å². The van der Waals surface area contributed by atoms with E-state index in [0.717, 1.165) is 17.1 Å². The zero-order valence-corrected chi connectivity index (χ0v) is 38.1. The molecule has 11 aromatic carbocycles. The topological polar surface area (TPSA) is 8.17 Å². The van der Waals surface area contributed by atoms with Gasteiger partial charge in [0.15, 0.2) is 0 Å². The maximum absolute atomic E-state index is 2.58. The summed E-state index contributed by atoms with van der Waals surface area (Å²) in [5.74, 6) is 0. The maximum atomic E-state index is 2.58. The summed E-state index contributed by atoms with van der Waals surface area (Å²) in [6, 6.07) is 96.1. The Kier molecular flexibility index (Phi) is 7.51. The van der Waals surface area contributed by atoms with Crippen molar-refractivity contribution in [1.29, 1.82) is 0 Å². The van der Waals surface area contributed by atoms with Crippen LogP contribution in [0.15, 0.2) is 255 Å². The van der Waals surface area contributed by atoms with Crippen LogP contribution >= 0.6 is 0 Å². The highest BCUT2D eigenvalue weighted by Gasteiger charge is 2.54. The quantitative estimate of drug-likeness (QED) is 0.171. The number of benzene rings is 11. The summed E-state index contributed by atoms with van der Waals surface area (Å²) in [5, 5.41) is 2.49. The number of aromatic nitrogens is 1. The summed E-state index contributed by atoms with van der Waals surface area (Å²) in [5.41, 5.74) is 26.7. The molecule has 2 heteroatoms. The molecule has 0 radical (unpaired) electrons. The molecule has 16 rings (SSSR count). The molecule has 70 heavy (non-hydrogen) atoms. The van der Waals surface area contributed by atoms with Gasteiger partial charge in [0, 0.05) is 27.7 Å². The number of hydrogen-bond acceptors (Lipinski definition) is 1. The molecule has 2 spiro atoms. The van der Waals surface area contributed by atoms with Gasteiger partial charge in [-0.3, -0.25) is 0 Å². The smallest absolute Gasteiger partial charge is 0.0755 e. The summed E-state index contributed by atoms with van der Waals surface area (Å²) in [7, 11) is 0. The van der Waals surface area contributed by atoms with E-state index in [1.54, 1.807) is 0 Å². The van der Waals surface area contributed by atoms with E-state index in [-0.39, 0.29) is 0 Å². The minimum atomic E-state index is -0.586. The average Bonchev–Trinajstić information content (AvgIpc) is 4.13. The SMILES string of the molecule is c1ccc(-c2ccc(N(c3cc4c5c(c3)c3ccccc3n5-c3ccccc3C43c4ccccc4-c4ccccc43)c3cccc4c3-c3ccccc3C43c4ccccc4-c4ccccc43)cc2)cc1. The Morgan fingerprint density at radius 3 is 1.40 bits per heavy atom. The predicted octanol–water partition coefficient (Wildman–Crippen LogP) is 16.9. The van der Waals surface area contributed by atoms with Crippen LogP contribution in [0.4, 0.5) is 17.1 Å². The lowest BCUT2D eigenvalue weighted by Crippen LogP contribution is -2.33. The van der Waals surface area contributed by atoms with E-state index in [4.69, 9.17) is 0 Å². The largest absolute Gasteiger partial charge is 0.310 e. The van der Waals surface area contributed by atoms with Crippen molar-refractivity contribution in [1.82, 2.24) is 4.57 Å². The molecule has 1 aromatic heterocycles. The van der Waals surface area contributed by atoms with Crippen molar-refractivity contribution in [3.63, 3.8) is 0 Å². The van der Waals surface area contributed by atoms with E-state index < -0.39 is 10.8 Å². The summed E-state index contributed by atoms with van der Waals surface area (Å²) >= 11 is 0. The lowest BCUT2D eigenvalue weighted by molar-refractivity contribution is 0.748. The Labute approximate surface area is 406 Å². The predicted molar refractivity (Wildman–Crippen MR) is 288 cm³/mol. The second-order valence-corrected chi connectivity index (χ2v) is 19.4. The molecule has 0 unspecified atom stereocenters. The van der Waals surface area contributed by atoms with Crippen LogP contribution in [0.5, 0.6) is 0 Å². The molecule has 2 nitrogen and oxygen atoms in total. The summed E-state index contributed by atoms with van der Waals surface area (Å²) in [6.07, 6.45) is 0. The van der Waals surface area contributed by atoms with Gasteiger partial charge in [0.1, 0.15) is 0 Å². The molecule has 0 fully saturated rings. The number of hydrogen-bond donors (Lipinski definition) is 0. The van der Waals surface area contributed by atoms with Crippen molar-refractivity contribution in [2.24, 2.45) is 0 Å². The fourth-order valence-electron chi connectivity index (χ4n) is 13.9. The first-order valence-corrected chi connectivity index (χ1v) is 24.5. The summed E-state index contributed by atoms with van der Waals surface area (Å²) < 4.78 is 2.56. The average molecular weight is 887 g/mol. The molecular formula is C68H42N2. The molecule has 0 N–H and O–H groups in total. The first-order chi connectivity index (χ1) is 34.8. The van der Waals surface area contributed by atoms with Gasteiger partial charge in [-0.25, -0.2) is 0 Å². The second kappa shape index (κ2) is 13.8. The zero-order chi connectivity index (χ0) is 45.7. The second-order valence-electron chi connectivity index (χ2n) is 19.4. The molecule has 2 heterocycles. The molecule has 0 amide bonds. The lowest BCUT2D eigenvalue weighted by Gasteiger charge is -2.40. The molecule has 4 aliphatic rings. The third-order valence-electron chi connectivity index (χ3n) is 16.4. The van der Waals surface area contributed by atoms with Crippen LogP contribution in [0.25, 0.3) is 72.0 Å². The Morgan fingerprint density at radius 1 is 0.300 bits per heavy atom. The van der Waals surface area contributed by atoms with Crippen molar-refractivity contribution < 1.29 is 0 Å². The first-order valence-electron chi connectivity index (χ1n) is 24.5. The lowest BCUT2D eigenvalue weighted by atomic mass is 9.65. The molecule has 0 saturated heterocycles.